The van der Waals surface area contributed by atoms with Crippen LogP contribution in [0.4, 0.5) is 10.5 Å². The number of nitrogens with zero attached hydrogens (tertiary/aromatic N) is 2. The number of amides is 3. The number of nitrogens with one attached hydrogen (secondary N) is 2. The van der Waals surface area contributed by atoms with Crippen molar-refractivity contribution in [3.05, 3.63) is 53.4 Å². The Morgan fingerprint density at radius 2 is 1.85 bits per heavy atom. The Balaban J connectivity index is 1.43. The fourth-order valence-electron chi connectivity index (χ4n) is 2.90. The number of piperazine rings is 1. The Kier molecular flexibility index (Phi) is 6.24. The molecule has 0 aliphatic carbocycles. The first-order chi connectivity index (χ1) is 13.0. The minimum atomic E-state index is -0.623. The summed E-state index contributed by atoms with van der Waals surface area (Å²) in [5.41, 5.74) is 1.09. The van der Waals surface area contributed by atoms with E-state index in [-0.39, 0.29) is 11.9 Å². The highest BCUT2D eigenvalue weighted by Crippen LogP contribution is 2.19. The average molecular weight is 391 g/mol. The molecule has 0 radical (unpaired) electrons. The molecule has 1 saturated heterocycles. The van der Waals surface area contributed by atoms with E-state index in [1.165, 1.54) is 0 Å². The second kappa shape index (κ2) is 8.81. The number of rotatable bonds is 5. The molecule has 1 atom stereocenters. The molecule has 1 aromatic carbocycles. The quantitative estimate of drug-likeness (QED) is 0.822. The van der Waals surface area contributed by atoms with Gasteiger partial charge in [0.1, 0.15) is 11.8 Å². The van der Waals surface area contributed by atoms with Gasteiger partial charge in [-0.15, -0.1) is 0 Å². The highest BCUT2D eigenvalue weighted by molar-refractivity contribution is 6.30. The van der Waals surface area contributed by atoms with E-state index >= 15 is 0 Å². The molecule has 2 heterocycles. The van der Waals surface area contributed by atoms with Crippen molar-refractivity contribution >= 4 is 29.2 Å². The number of hydrogen-bond donors (Lipinski definition) is 2. The van der Waals surface area contributed by atoms with Gasteiger partial charge >= 0.3 is 6.03 Å². The van der Waals surface area contributed by atoms with Crippen LogP contribution < -0.4 is 15.5 Å². The second-order valence-corrected chi connectivity index (χ2v) is 6.86. The lowest BCUT2D eigenvalue weighted by Crippen LogP contribution is -2.55. The summed E-state index contributed by atoms with van der Waals surface area (Å²) in [5.74, 6) is 0.416. The van der Waals surface area contributed by atoms with E-state index in [9.17, 15) is 9.59 Å². The van der Waals surface area contributed by atoms with E-state index in [2.05, 4.69) is 15.5 Å². The zero-order chi connectivity index (χ0) is 19.2. The number of urea groups is 1. The topological polar surface area (TPSA) is 77.8 Å². The van der Waals surface area contributed by atoms with Gasteiger partial charge in [-0.2, -0.15) is 0 Å². The molecule has 7 nitrogen and oxygen atoms in total. The Hall–Kier alpha value is -2.67. The highest BCUT2D eigenvalue weighted by Gasteiger charge is 2.24. The fraction of sp³-hybridized carbons (Fsp3) is 0.368. The van der Waals surface area contributed by atoms with Crippen molar-refractivity contribution < 1.29 is 14.0 Å². The van der Waals surface area contributed by atoms with Crippen molar-refractivity contribution in [2.45, 2.75) is 19.5 Å². The van der Waals surface area contributed by atoms with Crippen LogP contribution in [0.3, 0.4) is 0 Å². The molecule has 27 heavy (non-hydrogen) atoms. The van der Waals surface area contributed by atoms with Gasteiger partial charge in [-0.05, 0) is 43.3 Å². The normalized spacial score (nSPS) is 15.3. The number of carbonyl (C=O) groups is 2. The molecule has 2 aromatic rings. The summed E-state index contributed by atoms with van der Waals surface area (Å²) in [6.45, 7) is 4.61. The molecule has 3 rings (SSSR count). The van der Waals surface area contributed by atoms with Crippen LogP contribution in [-0.2, 0) is 11.3 Å². The van der Waals surface area contributed by atoms with Gasteiger partial charge in [-0.3, -0.25) is 4.79 Å². The SMILES string of the molecule is CC(NC(=O)N1CCN(c2ccc(Cl)cc2)CC1)C(=O)NCc1ccco1. The molecule has 1 unspecified atom stereocenters. The second-order valence-electron chi connectivity index (χ2n) is 6.42. The van der Waals surface area contributed by atoms with Crippen LogP contribution in [-0.4, -0.2) is 49.1 Å². The molecular formula is C19H23ClN4O3. The lowest BCUT2D eigenvalue weighted by Gasteiger charge is -2.36. The lowest BCUT2D eigenvalue weighted by molar-refractivity contribution is -0.122. The van der Waals surface area contributed by atoms with E-state index in [4.69, 9.17) is 16.0 Å². The van der Waals surface area contributed by atoms with Crippen molar-refractivity contribution in [3.8, 4) is 0 Å². The van der Waals surface area contributed by atoms with E-state index < -0.39 is 6.04 Å². The van der Waals surface area contributed by atoms with Gasteiger partial charge in [0.05, 0.1) is 12.8 Å². The Morgan fingerprint density at radius 3 is 2.48 bits per heavy atom. The fourth-order valence-corrected chi connectivity index (χ4v) is 3.03. The summed E-state index contributed by atoms with van der Waals surface area (Å²) in [7, 11) is 0. The third-order valence-electron chi connectivity index (χ3n) is 4.51. The maximum atomic E-state index is 12.4. The largest absolute Gasteiger partial charge is 0.467 e. The lowest BCUT2D eigenvalue weighted by atomic mass is 10.2. The van der Waals surface area contributed by atoms with Gasteiger partial charge in [-0.25, -0.2) is 4.79 Å². The molecule has 144 valence electrons. The van der Waals surface area contributed by atoms with Gasteiger partial charge in [0.2, 0.25) is 5.91 Å². The first-order valence-electron chi connectivity index (χ1n) is 8.89. The predicted molar refractivity (Wildman–Crippen MR) is 104 cm³/mol. The van der Waals surface area contributed by atoms with E-state index in [1.54, 1.807) is 30.2 Å². The molecule has 2 N–H and O–H groups in total. The molecule has 1 aliphatic heterocycles. The average Bonchev–Trinajstić information content (AvgIpc) is 3.20. The van der Waals surface area contributed by atoms with E-state index in [0.29, 0.717) is 30.4 Å². The Bertz CT molecular complexity index is 756. The van der Waals surface area contributed by atoms with Crippen LogP contribution in [0.25, 0.3) is 0 Å². The van der Waals surface area contributed by atoms with Gasteiger partial charge in [0, 0.05) is 36.9 Å². The van der Waals surface area contributed by atoms with Gasteiger partial charge in [0.25, 0.3) is 0 Å². The first-order valence-corrected chi connectivity index (χ1v) is 9.27. The summed E-state index contributed by atoms with van der Waals surface area (Å²) >= 11 is 5.92. The molecule has 3 amide bonds. The summed E-state index contributed by atoms with van der Waals surface area (Å²) in [6, 6.07) is 10.4. The minimum absolute atomic E-state index is 0.230. The van der Waals surface area contributed by atoms with Crippen LogP contribution in [0.1, 0.15) is 12.7 Å². The third kappa shape index (κ3) is 5.17. The molecule has 8 heteroatoms. The third-order valence-corrected chi connectivity index (χ3v) is 4.76. The van der Waals surface area contributed by atoms with Crippen molar-refractivity contribution in [2.75, 3.05) is 31.1 Å². The summed E-state index contributed by atoms with van der Waals surface area (Å²) in [5, 5.41) is 6.20. The Morgan fingerprint density at radius 1 is 1.15 bits per heavy atom. The molecular weight excluding hydrogens is 368 g/mol. The molecule has 1 fully saturated rings. The van der Waals surface area contributed by atoms with Crippen LogP contribution in [0, 0.1) is 0 Å². The van der Waals surface area contributed by atoms with Crippen LogP contribution in [0.5, 0.6) is 0 Å². The van der Waals surface area contributed by atoms with Crippen molar-refractivity contribution in [1.82, 2.24) is 15.5 Å². The number of hydrogen-bond acceptors (Lipinski definition) is 4. The van der Waals surface area contributed by atoms with Crippen LogP contribution in [0.15, 0.2) is 47.1 Å². The molecule has 0 saturated carbocycles. The zero-order valence-electron chi connectivity index (χ0n) is 15.2. The predicted octanol–water partition coefficient (Wildman–Crippen LogP) is 2.47. The first kappa shape index (κ1) is 19.1. The van der Waals surface area contributed by atoms with Crippen molar-refractivity contribution in [1.29, 1.82) is 0 Å². The molecule has 0 bridgehead atoms. The van der Waals surface area contributed by atoms with Crippen LogP contribution in [0.2, 0.25) is 5.02 Å². The molecule has 1 aliphatic rings. The Labute approximate surface area is 163 Å². The minimum Gasteiger partial charge on any atom is -0.467 e. The standard InChI is InChI=1S/C19H23ClN4O3/c1-14(18(25)21-13-17-3-2-12-27-17)22-19(26)24-10-8-23(9-11-24)16-6-4-15(20)5-7-16/h2-7,12,14H,8-11,13H2,1H3,(H,21,25)(H,22,26). The van der Waals surface area contributed by atoms with E-state index in [0.717, 1.165) is 18.8 Å². The van der Waals surface area contributed by atoms with E-state index in [1.807, 2.05) is 24.3 Å². The summed E-state index contributed by atoms with van der Waals surface area (Å²) in [6.07, 6.45) is 1.55. The molecule has 0 spiro atoms. The number of benzene rings is 1. The van der Waals surface area contributed by atoms with Gasteiger partial charge < -0.3 is 24.9 Å². The van der Waals surface area contributed by atoms with Crippen molar-refractivity contribution in [2.24, 2.45) is 0 Å². The van der Waals surface area contributed by atoms with Crippen LogP contribution >= 0.6 is 11.6 Å². The van der Waals surface area contributed by atoms with Gasteiger partial charge in [0.15, 0.2) is 0 Å². The zero-order valence-corrected chi connectivity index (χ0v) is 15.9. The monoisotopic (exact) mass is 390 g/mol. The summed E-state index contributed by atoms with van der Waals surface area (Å²) in [4.78, 5) is 28.5. The van der Waals surface area contributed by atoms with Gasteiger partial charge in [-0.1, -0.05) is 11.6 Å². The smallest absolute Gasteiger partial charge is 0.318 e. The maximum Gasteiger partial charge on any atom is 0.318 e. The molecule has 1 aromatic heterocycles. The highest BCUT2D eigenvalue weighted by atomic mass is 35.5. The van der Waals surface area contributed by atoms with Crippen molar-refractivity contribution in [3.63, 3.8) is 0 Å². The summed E-state index contributed by atoms with van der Waals surface area (Å²) < 4.78 is 5.17. The number of halogens is 1. The number of carbonyl (C=O) groups excluding carboxylic acids is 2. The maximum absolute atomic E-state index is 12.4. The number of furan rings is 1. The number of anilines is 1.